The number of hydrogen-bond donors (Lipinski definition) is 0. The van der Waals surface area contributed by atoms with E-state index in [1.165, 1.54) is 0 Å². The summed E-state index contributed by atoms with van der Waals surface area (Å²) in [6, 6.07) is 8.69. The lowest BCUT2D eigenvalue weighted by atomic mass is 10.0. The maximum Gasteiger partial charge on any atom is 0.278 e. The zero-order valence-corrected chi connectivity index (χ0v) is 15.2. The van der Waals surface area contributed by atoms with Crippen molar-refractivity contribution in [2.75, 3.05) is 18.0 Å². The number of pyridine rings is 2. The molecule has 0 saturated carbocycles. The molecular formula is C19H17ClN4O3. The molecule has 1 saturated heterocycles. The van der Waals surface area contributed by atoms with E-state index in [0.29, 0.717) is 22.8 Å². The van der Waals surface area contributed by atoms with Gasteiger partial charge in [0.15, 0.2) is 0 Å². The number of hydrogen-bond acceptors (Lipinski definition) is 6. The molecule has 0 spiro atoms. The fourth-order valence-corrected chi connectivity index (χ4v) is 3.56. The number of rotatable bonds is 4. The normalized spacial score (nSPS) is 17.1. The van der Waals surface area contributed by atoms with E-state index in [0.717, 1.165) is 30.5 Å². The molecule has 27 heavy (non-hydrogen) atoms. The van der Waals surface area contributed by atoms with Gasteiger partial charge in [0.25, 0.3) is 5.69 Å². The van der Waals surface area contributed by atoms with E-state index in [1.807, 2.05) is 12.1 Å². The van der Waals surface area contributed by atoms with Gasteiger partial charge in [0.1, 0.15) is 6.10 Å². The number of piperidine rings is 1. The van der Waals surface area contributed by atoms with Crippen LogP contribution < -0.4 is 9.64 Å². The van der Waals surface area contributed by atoms with Crippen LogP contribution in [0.4, 0.5) is 11.4 Å². The smallest absolute Gasteiger partial charge is 0.278 e. The number of non-ortho nitro benzene ring substituents is 1. The van der Waals surface area contributed by atoms with Crippen molar-refractivity contribution in [2.45, 2.75) is 18.9 Å². The second-order valence-electron chi connectivity index (χ2n) is 6.42. The van der Waals surface area contributed by atoms with Crippen molar-refractivity contribution in [1.82, 2.24) is 9.97 Å². The second kappa shape index (κ2) is 7.36. The summed E-state index contributed by atoms with van der Waals surface area (Å²) < 4.78 is 6.00. The summed E-state index contributed by atoms with van der Waals surface area (Å²) in [5, 5.41) is 13.2. The van der Waals surface area contributed by atoms with Crippen LogP contribution in [0.2, 0.25) is 5.02 Å². The van der Waals surface area contributed by atoms with Crippen molar-refractivity contribution in [3.63, 3.8) is 0 Å². The molecule has 2 aromatic heterocycles. The average molecular weight is 385 g/mol. The molecular weight excluding hydrogens is 368 g/mol. The number of nitrogens with zero attached hydrogens (tertiary/aromatic N) is 4. The summed E-state index contributed by atoms with van der Waals surface area (Å²) >= 11 is 5.87. The molecule has 1 unspecified atom stereocenters. The van der Waals surface area contributed by atoms with Gasteiger partial charge < -0.3 is 9.64 Å². The molecule has 138 valence electrons. The van der Waals surface area contributed by atoms with Gasteiger partial charge in [0.2, 0.25) is 5.88 Å². The Hall–Kier alpha value is -2.93. The predicted octanol–water partition coefficient (Wildman–Crippen LogP) is 4.24. The highest BCUT2D eigenvalue weighted by atomic mass is 35.5. The van der Waals surface area contributed by atoms with E-state index in [-0.39, 0.29) is 16.7 Å². The Kier molecular flexibility index (Phi) is 4.77. The Morgan fingerprint density at radius 2 is 2.07 bits per heavy atom. The minimum absolute atomic E-state index is 0.0143. The molecule has 3 aromatic rings. The monoisotopic (exact) mass is 384 g/mol. The highest BCUT2D eigenvalue weighted by Gasteiger charge is 2.25. The minimum atomic E-state index is -0.373. The van der Waals surface area contributed by atoms with E-state index in [2.05, 4.69) is 14.9 Å². The van der Waals surface area contributed by atoms with Crippen molar-refractivity contribution in [3.8, 4) is 5.88 Å². The fourth-order valence-electron chi connectivity index (χ4n) is 3.45. The first-order valence-electron chi connectivity index (χ1n) is 8.66. The molecule has 0 amide bonds. The van der Waals surface area contributed by atoms with Crippen molar-refractivity contribution in [3.05, 3.63) is 64.1 Å². The summed E-state index contributed by atoms with van der Waals surface area (Å²) in [7, 11) is 0. The Bertz CT molecular complexity index is 980. The molecule has 1 aliphatic rings. The number of ether oxygens (including phenoxy) is 1. The summed E-state index contributed by atoms with van der Waals surface area (Å²) in [6.45, 7) is 1.54. The molecule has 3 heterocycles. The highest BCUT2D eigenvalue weighted by Crippen LogP contribution is 2.34. The Labute approximate surface area is 160 Å². The van der Waals surface area contributed by atoms with Crippen LogP contribution >= 0.6 is 11.6 Å². The molecule has 1 aliphatic heterocycles. The van der Waals surface area contributed by atoms with Gasteiger partial charge in [-0.3, -0.25) is 15.1 Å². The third-order valence-corrected chi connectivity index (χ3v) is 4.90. The van der Waals surface area contributed by atoms with Gasteiger partial charge >= 0.3 is 0 Å². The third-order valence-electron chi connectivity index (χ3n) is 4.68. The molecule has 7 nitrogen and oxygen atoms in total. The molecule has 8 heteroatoms. The van der Waals surface area contributed by atoms with Gasteiger partial charge in [-0.2, -0.15) is 0 Å². The number of benzene rings is 1. The van der Waals surface area contributed by atoms with Gasteiger partial charge in [0.05, 0.1) is 21.9 Å². The van der Waals surface area contributed by atoms with Gasteiger partial charge in [-0.15, -0.1) is 0 Å². The first-order valence-corrected chi connectivity index (χ1v) is 9.04. The molecule has 0 bridgehead atoms. The Balaban J connectivity index is 1.60. The van der Waals surface area contributed by atoms with Crippen LogP contribution in [-0.2, 0) is 0 Å². The van der Waals surface area contributed by atoms with Gasteiger partial charge in [0, 0.05) is 48.3 Å². The standard InChI is InChI=1S/C19H17ClN4O3/c20-13-3-6-19(22-10-13)27-14-2-1-9-23(12-14)17-4-5-18(24(25)26)16-11-21-8-7-15(16)17/h3-8,10-11,14H,1-2,9,12H2. The number of anilines is 1. The zero-order chi connectivity index (χ0) is 18.8. The fraction of sp³-hybridized carbons (Fsp3) is 0.263. The average Bonchev–Trinajstić information content (AvgIpc) is 2.69. The van der Waals surface area contributed by atoms with E-state index >= 15 is 0 Å². The molecule has 0 N–H and O–H groups in total. The molecule has 0 radical (unpaired) electrons. The lowest BCUT2D eigenvalue weighted by Crippen LogP contribution is -2.41. The number of fused-ring (bicyclic) bond motifs is 1. The predicted molar refractivity (Wildman–Crippen MR) is 104 cm³/mol. The van der Waals surface area contributed by atoms with Crippen molar-refractivity contribution in [1.29, 1.82) is 0 Å². The van der Waals surface area contributed by atoms with Crippen molar-refractivity contribution >= 4 is 33.7 Å². The quantitative estimate of drug-likeness (QED) is 0.494. The summed E-state index contributed by atoms with van der Waals surface area (Å²) in [5.41, 5.74) is 1.02. The first-order chi connectivity index (χ1) is 13.1. The van der Waals surface area contributed by atoms with Crippen molar-refractivity contribution in [2.24, 2.45) is 0 Å². The maximum atomic E-state index is 11.3. The van der Waals surface area contributed by atoms with Gasteiger partial charge in [-0.05, 0) is 31.0 Å². The van der Waals surface area contributed by atoms with E-state index in [9.17, 15) is 10.1 Å². The summed E-state index contributed by atoms with van der Waals surface area (Å²) in [4.78, 5) is 21.4. The van der Waals surface area contributed by atoms with Gasteiger partial charge in [-0.1, -0.05) is 11.6 Å². The molecule has 4 rings (SSSR count). The minimum Gasteiger partial charge on any atom is -0.472 e. The van der Waals surface area contributed by atoms with Crippen LogP contribution in [0.1, 0.15) is 12.8 Å². The Morgan fingerprint density at radius 3 is 2.85 bits per heavy atom. The lowest BCUT2D eigenvalue weighted by Gasteiger charge is -2.34. The molecule has 1 aromatic carbocycles. The second-order valence-corrected chi connectivity index (χ2v) is 6.86. The number of aromatic nitrogens is 2. The van der Waals surface area contributed by atoms with Crippen LogP contribution in [0.25, 0.3) is 10.8 Å². The number of nitro benzene ring substituents is 1. The lowest BCUT2D eigenvalue weighted by molar-refractivity contribution is -0.383. The topological polar surface area (TPSA) is 81.4 Å². The summed E-state index contributed by atoms with van der Waals surface area (Å²) in [5.74, 6) is 0.545. The first kappa shape index (κ1) is 17.5. The number of halogens is 1. The molecule has 0 aliphatic carbocycles. The van der Waals surface area contributed by atoms with E-state index in [1.54, 1.807) is 36.8 Å². The highest BCUT2D eigenvalue weighted by molar-refractivity contribution is 6.30. The SMILES string of the molecule is O=[N+]([O-])c1ccc(N2CCCC(Oc3ccc(Cl)cn3)C2)c2ccncc12. The maximum absolute atomic E-state index is 11.3. The van der Waals surface area contributed by atoms with Crippen LogP contribution in [-0.4, -0.2) is 34.1 Å². The third kappa shape index (κ3) is 3.64. The summed E-state index contributed by atoms with van der Waals surface area (Å²) in [6.07, 6.45) is 6.64. The largest absolute Gasteiger partial charge is 0.472 e. The zero-order valence-electron chi connectivity index (χ0n) is 14.4. The van der Waals surface area contributed by atoms with Crippen LogP contribution in [0, 0.1) is 10.1 Å². The Morgan fingerprint density at radius 1 is 1.19 bits per heavy atom. The van der Waals surface area contributed by atoms with Crippen LogP contribution in [0.15, 0.2) is 48.9 Å². The van der Waals surface area contributed by atoms with Crippen molar-refractivity contribution < 1.29 is 9.66 Å². The van der Waals surface area contributed by atoms with Gasteiger partial charge in [-0.25, -0.2) is 4.98 Å². The van der Waals surface area contributed by atoms with Crippen LogP contribution in [0.3, 0.4) is 0 Å². The van der Waals surface area contributed by atoms with Crippen LogP contribution in [0.5, 0.6) is 5.88 Å². The number of nitro groups is 1. The molecule has 1 atom stereocenters. The van der Waals surface area contributed by atoms with E-state index < -0.39 is 0 Å². The van der Waals surface area contributed by atoms with E-state index in [4.69, 9.17) is 16.3 Å². The molecule has 1 fully saturated rings.